The summed E-state index contributed by atoms with van der Waals surface area (Å²) in [5, 5.41) is 4.71. The average molecular weight is 437 g/mol. The van der Waals surface area contributed by atoms with Crippen molar-refractivity contribution in [3.63, 3.8) is 0 Å². The fourth-order valence-corrected chi connectivity index (χ4v) is 5.06. The van der Waals surface area contributed by atoms with E-state index in [9.17, 15) is 4.79 Å². The second kappa shape index (κ2) is 9.45. The molecule has 0 fully saturated rings. The largest absolute Gasteiger partial charge is 0.426 e. The number of esters is 1. The number of benzene rings is 3. The van der Waals surface area contributed by atoms with Gasteiger partial charge in [0.1, 0.15) is 5.75 Å². The van der Waals surface area contributed by atoms with E-state index in [-0.39, 0.29) is 11.9 Å². The predicted octanol–water partition coefficient (Wildman–Crippen LogP) is 6.11. The minimum absolute atomic E-state index is 0.166. The molecule has 4 nitrogen and oxygen atoms in total. The zero-order valence-corrected chi connectivity index (χ0v) is 18.9. The van der Waals surface area contributed by atoms with Crippen LogP contribution >= 0.6 is 0 Å². The van der Waals surface area contributed by atoms with Gasteiger partial charge in [-0.3, -0.25) is 9.48 Å². The zero-order chi connectivity index (χ0) is 22.6. The van der Waals surface area contributed by atoms with E-state index in [0.29, 0.717) is 5.92 Å². The van der Waals surface area contributed by atoms with Gasteiger partial charge in [-0.05, 0) is 53.5 Å². The topological polar surface area (TPSA) is 44.1 Å². The Hall–Kier alpha value is -3.66. The summed E-state index contributed by atoms with van der Waals surface area (Å²) >= 11 is 0. The maximum absolute atomic E-state index is 11.4. The fourth-order valence-electron chi connectivity index (χ4n) is 5.06. The van der Waals surface area contributed by atoms with Crippen LogP contribution in [0.4, 0.5) is 0 Å². The number of ether oxygens (including phenoxy) is 1. The maximum Gasteiger partial charge on any atom is 0.308 e. The number of carbonyl (C=O) groups is 1. The third-order valence-corrected chi connectivity index (χ3v) is 6.56. The third kappa shape index (κ3) is 4.61. The Morgan fingerprint density at radius 3 is 2.33 bits per heavy atom. The van der Waals surface area contributed by atoms with Gasteiger partial charge in [-0.2, -0.15) is 5.10 Å². The smallest absolute Gasteiger partial charge is 0.308 e. The number of hydrogen-bond donors (Lipinski definition) is 0. The van der Waals surface area contributed by atoms with Crippen LogP contribution < -0.4 is 4.74 Å². The number of nitrogens with zero attached hydrogens (tertiary/aromatic N) is 2. The number of hydrogen-bond acceptors (Lipinski definition) is 3. The minimum atomic E-state index is -0.262. The highest BCUT2D eigenvalue weighted by molar-refractivity contribution is 5.70. The Morgan fingerprint density at radius 2 is 1.67 bits per heavy atom. The Morgan fingerprint density at radius 1 is 0.970 bits per heavy atom. The molecule has 3 aromatic carbocycles. The number of aromatic nitrogens is 2. The second-order valence-electron chi connectivity index (χ2n) is 8.73. The van der Waals surface area contributed by atoms with Gasteiger partial charge in [0.25, 0.3) is 0 Å². The van der Waals surface area contributed by atoms with E-state index in [0.717, 1.165) is 31.6 Å². The lowest BCUT2D eigenvalue weighted by Gasteiger charge is -2.16. The van der Waals surface area contributed by atoms with E-state index in [2.05, 4.69) is 77.6 Å². The van der Waals surface area contributed by atoms with E-state index in [1.54, 1.807) is 0 Å². The maximum atomic E-state index is 11.4. The van der Waals surface area contributed by atoms with Gasteiger partial charge in [-0.1, -0.05) is 72.8 Å². The summed E-state index contributed by atoms with van der Waals surface area (Å²) in [6, 6.07) is 27.3. The highest BCUT2D eigenvalue weighted by Crippen LogP contribution is 2.40. The first kappa shape index (κ1) is 21.2. The van der Waals surface area contributed by atoms with Crippen LogP contribution in [-0.2, 0) is 17.8 Å². The molecule has 1 atom stereocenters. The summed E-state index contributed by atoms with van der Waals surface area (Å²) in [6.07, 6.45) is 7.25. The Labute approximate surface area is 194 Å². The molecule has 0 saturated heterocycles. The van der Waals surface area contributed by atoms with Crippen molar-refractivity contribution in [2.24, 2.45) is 0 Å². The molecular formula is C29H28N2O2. The summed E-state index contributed by atoms with van der Waals surface area (Å²) in [5.41, 5.74) is 6.24. The fraction of sp³-hybridized carbons (Fsp3) is 0.241. The zero-order valence-electron chi connectivity index (χ0n) is 18.9. The van der Waals surface area contributed by atoms with Crippen LogP contribution in [0.25, 0.3) is 0 Å². The molecule has 1 aliphatic rings. The van der Waals surface area contributed by atoms with Crippen LogP contribution in [0.2, 0.25) is 0 Å². The average Bonchev–Trinajstić information content (AvgIpc) is 3.47. The van der Waals surface area contributed by atoms with Crippen LogP contribution in [0.3, 0.4) is 0 Å². The predicted molar refractivity (Wildman–Crippen MR) is 129 cm³/mol. The van der Waals surface area contributed by atoms with E-state index < -0.39 is 0 Å². The van der Waals surface area contributed by atoms with Gasteiger partial charge in [0.2, 0.25) is 0 Å². The van der Waals surface area contributed by atoms with Gasteiger partial charge >= 0.3 is 5.97 Å². The molecule has 0 spiro atoms. The summed E-state index contributed by atoms with van der Waals surface area (Å²) in [4.78, 5) is 11.4. The molecule has 4 aromatic rings. The molecule has 1 aliphatic carbocycles. The van der Waals surface area contributed by atoms with Crippen molar-refractivity contribution in [3.05, 3.63) is 119 Å². The van der Waals surface area contributed by atoms with Crippen molar-refractivity contribution in [2.75, 3.05) is 0 Å². The molecular weight excluding hydrogens is 408 g/mol. The molecule has 1 unspecified atom stereocenters. The van der Waals surface area contributed by atoms with Crippen LogP contribution in [-0.4, -0.2) is 15.7 Å². The van der Waals surface area contributed by atoms with Crippen molar-refractivity contribution in [2.45, 2.75) is 44.6 Å². The Bertz CT molecular complexity index is 1190. The number of carbonyl (C=O) groups excluding carboxylic acids is 1. The van der Waals surface area contributed by atoms with Crippen LogP contribution in [0.5, 0.6) is 5.75 Å². The lowest BCUT2D eigenvalue weighted by Crippen LogP contribution is -2.05. The van der Waals surface area contributed by atoms with Crippen molar-refractivity contribution in [1.29, 1.82) is 0 Å². The van der Waals surface area contributed by atoms with Gasteiger partial charge < -0.3 is 4.74 Å². The molecule has 0 amide bonds. The molecule has 0 aliphatic heterocycles. The second-order valence-corrected chi connectivity index (χ2v) is 8.73. The summed E-state index contributed by atoms with van der Waals surface area (Å²) in [7, 11) is 0. The number of rotatable bonds is 7. The van der Waals surface area contributed by atoms with E-state index in [1.165, 1.54) is 34.7 Å². The monoisotopic (exact) mass is 436 g/mol. The molecule has 0 N–H and O–H groups in total. The van der Waals surface area contributed by atoms with E-state index in [1.807, 2.05) is 18.3 Å². The third-order valence-electron chi connectivity index (χ3n) is 6.56. The van der Waals surface area contributed by atoms with Crippen molar-refractivity contribution in [3.8, 4) is 5.75 Å². The first-order chi connectivity index (χ1) is 16.2. The Kier molecular flexibility index (Phi) is 6.07. The molecule has 4 heteroatoms. The molecule has 1 aromatic heterocycles. The van der Waals surface area contributed by atoms with E-state index >= 15 is 0 Å². The summed E-state index contributed by atoms with van der Waals surface area (Å²) in [5.74, 6) is 1.08. The molecule has 166 valence electrons. The minimum Gasteiger partial charge on any atom is -0.426 e. The lowest BCUT2D eigenvalue weighted by atomic mass is 9.87. The van der Waals surface area contributed by atoms with Gasteiger partial charge in [0.15, 0.2) is 0 Å². The lowest BCUT2D eigenvalue weighted by molar-refractivity contribution is -0.131. The first-order valence-electron chi connectivity index (χ1n) is 11.6. The quantitative estimate of drug-likeness (QED) is 0.259. The molecule has 0 radical (unpaired) electrons. The summed E-state index contributed by atoms with van der Waals surface area (Å²) in [6.45, 7) is 2.32. The van der Waals surface area contributed by atoms with Gasteiger partial charge in [-0.25, -0.2) is 0 Å². The highest BCUT2D eigenvalue weighted by Gasteiger charge is 2.26. The number of fused-ring (bicyclic) bond motifs is 1. The van der Waals surface area contributed by atoms with Gasteiger partial charge in [0.05, 0.1) is 6.20 Å². The molecule has 33 heavy (non-hydrogen) atoms. The molecule has 0 bridgehead atoms. The Balaban J connectivity index is 1.33. The van der Waals surface area contributed by atoms with Crippen molar-refractivity contribution in [1.82, 2.24) is 9.78 Å². The molecule has 1 heterocycles. The van der Waals surface area contributed by atoms with Crippen LogP contribution in [0, 0.1) is 0 Å². The SMILES string of the molecule is CC(=O)Oc1cccc2c1CCC2CCn1cc(C(c2ccccc2)c2ccccc2)cn1. The number of aryl methyl sites for hydroxylation is 1. The van der Waals surface area contributed by atoms with Gasteiger partial charge in [0, 0.05) is 31.1 Å². The van der Waals surface area contributed by atoms with Crippen LogP contribution in [0.1, 0.15) is 59.4 Å². The van der Waals surface area contributed by atoms with Crippen molar-refractivity contribution >= 4 is 5.97 Å². The van der Waals surface area contributed by atoms with E-state index in [4.69, 9.17) is 9.84 Å². The van der Waals surface area contributed by atoms with Crippen LogP contribution in [0.15, 0.2) is 91.3 Å². The molecule has 0 saturated carbocycles. The standard InChI is InChI=1S/C29H28N2O2/c1-21(32)33-28-14-8-13-26-22(15-16-27(26)28)17-18-31-20-25(19-30-31)29(23-9-4-2-5-10-23)24-11-6-3-7-12-24/h2-14,19-20,22,29H,15-18H2,1H3. The molecule has 5 rings (SSSR count). The summed E-state index contributed by atoms with van der Waals surface area (Å²) < 4.78 is 7.50. The highest BCUT2D eigenvalue weighted by atomic mass is 16.5. The van der Waals surface area contributed by atoms with Gasteiger partial charge in [-0.15, -0.1) is 0 Å². The first-order valence-corrected chi connectivity index (χ1v) is 11.6. The van der Waals surface area contributed by atoms with Crippen molar-refractivity contribution < 1.29 is 9.53 Å². The normalized spacial score (nSPS) is 14.9.